The van der Waals surface area contributed by atoms with Crippen molar-refractivity contribution < 1.29 is 14.3 Å². The maximum Gasteiger partial charge on any atom is 0.162 e. The van der Waals surface area contributed by atoms with E-state index in [0.29, 0.717) is 13.0 Å². The van der Waals surface area contributed by atoms with Crippen LogP contribution in [0.15, 0.2) is 42.5 Å². The molecule has 134 valence electrons. The maximum atomic E-state index is 12.3. The third kappa shape index (κ3) is 6.26. The molecule has 2 rings (SSSR count). The molecular formula is C22H28O3. The highest BCUT2D eigenvalue weighted by Gasteiger charge is 2.09. The lowest BCUT2D eigenvalue weighted by Gasteiger charge is -2.13. The van der Waals surface area contributed by atoms with Crippen molar-refractivity contribution in [3.63, 3.8) is 0 Å². The molecule has 0 spiro atoms. The molecule has 0 aliphatic carbocycles. The van der Waals surface area contributed by atoms with E-state index in [9.17, 15) is 4.79 Å². The van der Waals surface area contributed by atoms with Gasteiger partial charge in [0.25, 0.3) is 0 Å². The van der Waals surface area contributed by atoms with Crippen LogP contribution in [0.3, 0.4) is 0 Å². The largest absolute Gasteiger partial charge is 0.494 e. The molecule has 0 bridgehead atoms. The highest BCUT2D eigenvalue weighted by Crippen LogP contribution is 2.21. The summed E-state index contributed by atoms with van der Waals surface area (Å²) >= 11 is 0. The second-order valence-electron chi connectivity index (χ2n) is 6.69. The first kappa shape index (κ1) is 19.0. The number of benzene rings is 2. The van der Waals surface area contributed by atoms with Gasteiger partial charge in [0.15, 0.2) is 5.78 Å². The van der Waals surface area contributed by atoms with Crippen molar-refractivity contribution in [2.75, 3.05) is 6.61 Å². The van der Waals surface area contributed by atoms with Crippen molar-refractivity contribution in [2.24, 2.45) is 0 Å². The Balaban J connectivity index is 1.74. The molecule has 0 saturated carbocycles. The van der Waals surface area contributed by atoms with Crippen LogP contribution >= 0.6 is 0 Å². The number of rotatable bonds is 9. The van der Waals surface area contributed by atoms with E-state index in [1.54, 1.807) is 0 Å². The lowest BCUT2D eigenvalue weighted by atomic mass is 10.0. The number of ketones is 1. The Hall–Kier alpha value is -2.29. The van der Waals surface area contributed by atoms with Gasteiger partial charge in [-0.2, -0.15) is 0 Å². The molecule has 0 unspecified atom stereocenters. The predicted octanol–water partition coefficient (Wildman–Crippen LogP) is 5.52. The smallest absolute Gasteiger partial charge is 0.162 e. The SMILES string of the molecule is Cc1ccc(OCCCCC(=O)c2ccc(OC(C)C)c(C)c2)cc1. The maximum absolute atomic E-state index is 12.3. The molecule has 2 aromatic carbocycles. The summed E-state index contributed by atoms with van der Waals surface area (Å²) in [7, 11) is 0. The van der Waals surface area contributed by atoms with Crippen LogP contribution in [0.5, 0.6) is 11.5 Å². The average molecular weight is 340 g/mol. The molecule has 0 aromatic heterocycles. The lowest BCUT2D eigenvalue weighted by molar-refractivity contribution is 0.0977. The third-order valence-electron chi connectivity index (χ3n) is 3.95. The van der Waals surface area contributed by atoms with Crippen LogP contribution in [0.25, 0.3) is 0 Å². The van der Waals surface area contributed by atoms with Gasteiger partial charge in [0.2, 0.25) is 0 Å². The van der Waals surface area contributed by atoms with Gasteiger partial charge < -0.3 is 9.47 Å². The highest BCUT2D eigenvalue weighted by atomic mass is 16.5. The summed E-state index contributed by atoms with van der Waals surface area (Å²) in [6, 6.07) is 13.7. The van der Waals surface area contributed by atoms with E-state index in [4.69, 9.17) is 9.47 Å². The average Bonchev–Trinajstić information content (AvgIpc) is 2.57. The first-order valence-electron chi connectivity index (χ1n) is 8.95. The fourth-order valence-corrected chi connectivity index (χ4v) is 2.57. The monoisotopic (exact) mass is 340 g/mol. The minimum Gasteiger partial charge on any atom is -0.494 e. The number of Topliss-reactive ketones (excluding diaryl/α,β-unsaturated/α-hetero) is 1. The van der Waals surface area contributed by atoms with Crippen molar-refractivity contribution >= 4 is 5.78 Å². The van der Waals surface area contributed by atoms with E-state index in [1.807, 2.05) is 63.2 Å². The van der Waals surface area contributed by atoms with Crippen molar-refractivity contribution in [3.05, 3.63) is 59.2 Å². The molecule has 0 fully saturated rings. The minimum absolute atomic E-state index is 0.133. The van der Waals surface area contributed by atoms with E-state index < -0.39 is 0 Å². The Morgan fingerprint density at radius 2 is 1.72 bits per heavy atom. The van der Waals surface area contributed by atoms with Gasteiger partial charge >= 0.3 is 0 Å². The second-order valence-corrected chi connectivity index (χ2v) is 6.69. The van der Waals surface area contributed by atoms with Gasteiger partial charge in [-0.3, -0.25) is 4.79 Å². The van der Waals surface area contributed by atoms with Crippen LogP contribution in [-0.4, -0.2) is 18.5 Å². The number of unbranched alkanes of at least 4 members (excludes halogenated alkanes) is 1. The summed E-state index contributed by atoms with van der Waals surface area (Å²) in [5.41, 5.74) is 2.98. The standard InChI is InChI=1S/C22H28O3/c1-16(2)25-22-13-10-19(15-18(22)4)21(23)7-5-6-14-24-20-11-8-17(3)9-12-20/h8-13,15-16H,5-7,14H2,1-4H3. The molecule has 0 heterocycles. The number of ether oxygens (including phenoxy) is 2. The Morgan fingerprint density at radius 3 is 2.36 bits per heavy atom. The number of hydrogen-bond acceptors (Lipinski definition) is 3. The molecule has 0 aliphatic rings. The summed E-state index contributed by atoms with van der Waals surface area (Å²) in [4.78, 5) is 12.3. The molecule has 0 radical (unpaired) electrons. The Labute approximate surface area is 151 Å². The number of carbonyl (C=O) groups excluding carboxylic acids is 1. The van der Waals surface area contributed by atoms with Gasteiger partial charge in [0, 0.05) is 12.0 Å². The van der Waals surface area contributed by atoms with Crippen molar-refractivity contribution in [3.8, 4) is 11.5 Å². The summed E-state index contributed by atoms with van der Waals surface area (Å²) in [6.45, 7) is 8.66. The van der Waals surface area contributed by atoms with E-state index in [2.05, 4.69) is 6.92 Å². The molecule has 3 nitrogen and oxygen atoms in total. The molecule has 25 heavy (non-hydrogen) atoms. The summed E-state index contributed by atoms with van der Waals surface area (Å²) in [5, 5.41) is 0. The number of carbonyl (C=O) groups is 1. The van der Waals surface area contributed by atoms with Gasteiger partial charge in [-0.1, -0.05) is 17.7 Å². The first-order chi connectivity index (χ1) is 12.0. The Bertz CT molecular complexity index is 687. The van der Waals surface area contributed by atoms with Gasteiger partial charge in [0.05, 0.1) is 12.7 Å². The minimum atomic E-state index is 0.133. The number of aryl methyl sites for hydroxylation is 2. The van der Waals surface area contributed by atoms with Gasteiger partial charge in [-0.25, -0.2) is 0 Å². The quantitative estimate of drug-likeness (QED) is 0.445. The van der Waals surface area contributed by atoms with Crippen LogP contribution in [0.4, 0.5) is 0 Å². The van der Waals surface area contributed by atoms with Gasteiger partial charge in [-0.15, -0.1) is 0 Å². The number of hydrogen-bond donors (Lipinski definition) is 0. The zero-order valence-corrected chi connectivity index (χ0v) is 15.7. The second kappa shape index (κ2) is 9.26. The van der Waals surface area contributed by atoms with Crippen molar-refractivity contribution in [1.82, 2.24) is 0 Å². The third-order valence-corrected chi connectivity index (χ3v) is 3.95. The Kier molecular flexibility index (Phi) is 7.05. The molecule has 0 saturated heterocycles. The zero-order valence-electron chi connectivity index (χ0n) is 15.7. The van der Waals surface area contributed by atoms with E-state index in [0.717, 1.165) is 35.5 Å². The van der Waals surface area contributed by atoms with Crippen LogP contribution in [-0.2, 0) is 0 Å². The zero-order chi connectivity index (χ0) is 18.2. The first-order valence-corrected chi connectivity index (χ1v) is 8.95. The molecule has 2 aromatic rings. The Morgan fingerprint density at radius 1 is 1.00 bits per heavy atom. The van der Waals surface area contributed by atoms with Crippen LogP contribution in [0.2, 0.25) is 0 Å². The highest BCUT2D eigenvalue weighted by molar-refractivity contribution is 5.96. The van der Waals surface area contributed by atoms with Gasteiger partial charge in [-0.05, 0) is 76.4 Å². The lowest BCUT2D eigenvalue weighted by Crippen LogP contribution is -2.07. The topological polar surface area (TPSA) is 35.5 Å². The normalized spacial score (nSPS) is 10.8. The van der Waals surface area contributed by atoms with E-state index in [-0.39, 0.29) is 11.9 Å². The van der Waals surface area contributed by atoms with Crippen molar-refractivity contribution in [1.29, 1.82) is 0 Å². The van der Waals surface area contributed by atoms with Crippen LogP contribution in [0, 0.1) is 13.8 Å². The van der Waals surface area contributed by atoms with Crippen LogP contribution in [0.1, 0.15) is 54.6 Å². The molecule has 0 atom stereocenters. The fraction of sp³-hybridized carbons (Fsp3) is 0.409. The molecule has 0 amide bonds. The van der Waals surface area contributed by atoms with Gasteiger partial charge in [0.1, 0.15) is 11.5 Å². The summed E-state index contributed by atoms with van der Waals surface area (Å²) in [6.07, 6.45) is 2.37. The fourth-order valence-electron chi connectivity index (χ4n) is 2.57. The van der Waals surface area contributed by atoms with Crippen LogP contribution < -0.4 is 9.47 Å². The molecule has 0 N–H and O–H groups in total. The van der Waals surface area contributed by atoms with Crippen molar-refractivity contribution in [2.45, 2.75) is 53.1 Å². The van der Waals surface area contributed by atoms with E-state index >= 15 is 0 Å². The molecular weight excluding hydrogens is 312 g/mol. The predicted molar refractivity (Wildman–Crippen MR) is 102 cm³/mol. The molecule has 0 aliphatic heterocycles. The molecule has 3 heteroatoms. The van der Waals surface area contributed by atoms with E-state index in [1.165, 1.54) is 5.56 Å². The summed E-state index contributed by atoms with van der Waals surface area (Å²) < 4.78 is 11.4. The summed E-state index contributed by atoms with van der Waals surface area (Å²) in [5.74, 6) is 1.90.